The molecule has 0 atom stereocenters. The zero-order valence-corrected chi connectivity index (χ0v) is 10.7. The number of ether oxygens (including phenoxy) is 1. The van der Waals surface area contributed by atoms with Crippen molar-refractivity contribution in [2.75, 3.05) is 29.6 Å². The average molecular weight is 259 g/mol. The lowest BCUT2D eigenvalue weighted by Crippen LogP contribution is -2.23. The van der Waals surface area contributed by atoms with Crippen LogP contribution >= 0.6 is 0 Å². The highest BCUT2D eigenvalue weighted by Gasteiger charge is 2.22. The van der Waals surface area contributed by atoms with Gasteiger partial charge in [-0.25, -0.2) is 0 Å². The van der Waals surface area contributed by atoms with E-state index in [1.165, 1.54) is 0 Å². The van der Waals surface area contributed by atoms with Crippen molar-refractivity contribution in [3.63, 3.8) is 0 Å². The van der Waals surface area contributed by atoms with Gasteiger partial charge in [-0.05, 0) is 30.7 Å². The van der Waals surface area contributed by atoms with Crippen LogP contribution in [0.15, 0.2) is 36.2 Å². The predicted octanol–water partition coefficient (Wildman–Crippen LogP) is 1.41. The zero-order chi connectivity index (χ0) is 13.2. The first-order valence-corrected chi connectivity index (χ1v) is 6.48. The summed E-state index contributed by atoms with van der Waals surface area (Å²) >= 11 is 0. The van der Waals surface area contributed by atoms with E-state index in [4.69, 9.17) is 10.5 Å². The third kappa shape index (κ3) is 2.29. The first kappa shape index (κ1) is 12.0. The van der Waals surface area contributed by atoms with Crippen LogP contribution in [0.1, 0.15) is 12.8 Å². The normalized spacial score (nSPS) is 18.8. The maximum absolute atomic E-state index is 11.7. The third-order valence-corrected chi connectivity index (χ3v) is 3.46. The van der Waals surface area contributed by atoms with E-state index in [9.17, 15) is 4.79 Å². The molecule has 1 amide bonds. The Balaban J connectivity index is 1.76. The predicted molar refractivity (Wildman–Crippen MR) is 73.6 cm³/mol. The molecule has 1 fully saturated rings. The number of rotatable bonds is 3. The van der Waals surface area contributed by atoms with Crippen molar-refractivity contribution in [2.24, 2.45) is 5.73 Å². The minimum absolute atomic E-state index is 0.211. The number of nitrogens with zero attached hydrogens (tertiary/aromatic N) is 2. The van der Waals surface area contributed by atoms with Crippen LogP contribution in [-0.2, 0) is 9.53 Å². The topological polar surface area (TPSA) is 58.8 Å². The minimum atomic E-state index is 0.211. The SMILES string of the molecule is NCC1=CN(c2ccc(N3CCCC3=O)cc2)CO1. The molecular formula is C14H17N3O2. The maximum atomic E-state index is 11.7. The Labute approximate surface area is 112 Å². The molecule has 0 radical (unpaired) electrons. The van der Waals surface area contributed by atoms with Gasteiger partial charge in [0.1, 0.15) is 5.76 Å². The smallest absolute Gasteiger partial charge is 0.227 e. The molecule has 0 aliphatic carbocycles. The number of anilines is 2. The van der Waals surface area contributed by atoms with Crippen molar-refractivity contribution >= 4 is 17.3 Å². The summed E-state index contributed by atoms with van der Waals surface area (Å²) < 4.78 is 5.41. The number of nitrogens with two attached hydrogens (primary N) is 1. The van der Waals surface area contributed by atoms with Crippen molar-refractivity contribution in [3.05, 3.63) is 36.2 Å². The second-order valence-electron chi connectivity index (χ2n) is 4.71. The molecule has 1 aromatic rings. The Kier molecular flexibility index (Phi) is 3.13. The molecule has 0 spiro atoms. The van der Waals surface area contributed by atoms with Gasteiger partial charge in [0.25, 0.3) is 0 Å². The van der Waals surface area contributed by atoms with E-state index in [2.05, 4.69) is 0 Å². The van der Waals surface area contributed by atoms with Gasteiger partial charge in [-0.1, -0.05) is 0 Å². The first-order valence-electron chi connectivity index (χ1n) is 6.48. The maximum Gasteiger partial charge on any atom is 0.227 e. The molecule has 2 aliphatic rings. The summed E-state index contributed by atoms with van der Waals surface area (Å²) in [4.78, 5) is 15.5. The Morgan fingerprint density at radius 3 is 2.53 bits per heavy atom. The van der Waals surface area contributed by atoms with Crippen molar-refractivity contribution in [2.45, 2.75) is 12.8 Å². The van der Waals surface area contributed by atoms with Gasteiger partial charge < -0.3 is 20.3 Å². The largest absolute Gasteiger partial charge is 0.474 e. The third-order valence-electron chi connectivity index (χ3n) is 3.46. The van der Waals surface area contributed by atoms with Gasteiger partial charge in [-0.15, -0.1) is 0 Å². The minimum Gasteiger partial charge on any atom is -0.474 e. The summed E-state index contributed by atoms with van der Waals surface area (Å²) in [5.74, 6) is 1.00. The van der Waals surface area contributed by atoms with Gasteiger partial charge in [0.15, 0.2) is 6.73 Å². The van der Waals surface area contributed by atoms with Gasteiger partial charge in [0.2, 0.25) is 5.91 Å². The van der Waals surface area contributed by atoms with E-state index in [0.29, 0.717) is 19.7 Å². The van der Waals surface area contributed by atoms with E-state index in [0.717, 1.165) is 30.1 Å². The highest BCUT2D eigenvalue weighted by molar-refractivity contribution is 5.95. The summed E-state index contributed by atoms with van der Waals surface area (Å²) in [7, 11) is 0. The molecule has 0 unspecified atom stereocenters. The average Bonchev–Trinajstić information content (AvgIpc) is 3.07. The molecule has 0 saturated carbocycles. The standard InChI is InChI=1S/C14H17N3O2/c15-8-13-9-16(10-19-13)11-3-5-12(6-4-11)17-7-1-2-14(17)18/h3-6,9H,1-2,7-8,10,15H2. The van der Waals surface area contributed by atoms with E-state index < -0.39 is 0 Å². The number of benzene rings is 1. The van der Waals surface area contributed by atoms with Crippen LogP contribution in [0.25, 0.3) is 0 Å². The number of hydrogen-bond donors (Lipinski definition) is 1. The molecule has 0 aromatic heterocycles. The molecule has 19 heavy (non-hydrogen) atoms. The molecule has 0 bridgehead atoms. The summed E-state index contributed by atoms with van der Waals surface area (Å²) in [6.45, 7) is 1.73. The van der Waals surface area contributed by atoms with Crippen LogP contribution in [-0.4, -0.2) is 25.7 Å². The molecule has 5 nitrogen and oxygen atoms in total. The fourth-order valence-corrected chi connectivity index (χ4v) is 2.41. The van der Waals surface area contributed by atoms with Gasteiger partial charge in [0.05, 0.1) is 6.54 Å². The first-order chi connectivity index (χ1) is 9.28. The van der Waals surface area contributed by atoms with E-state index in [1.54, 1.807) is 0 Å². The summed E-state index contributed by atoms with van der Waals surface area (Å²) in [5, 5.41) is 0. The van der Waals surface area contributed by atoms with Crippen molar-refractivity contribution in [3.8, 4) is 0 Å². The van der Waals surface area contributed by atoms with Gasteiger partial charge >= 0.3 is 0 Å². The Bertz CT molecular complexity index is 510. The van der Waals surface area contributed by atoms with E-state index in [-0.39, 0.29) is 5.91 Å². The fourth-order valence-electron chi connectivity index (χ4n) is 2.41. The van der Waals surface area contributed by atoms with Crippen LogP contribution in [0.2, 0.25) is 0 Å². The number of hydrogen-bond acceptors (Lipinski definition) is 4. The summed E-state index contributed by atoms with van der Waals surface area (Å²) in [6.07, 6.45) is 3.52. The summed E-state index contributed by atoms with van der Waals surface area (Å²) in [6, 6.07) is 7.96. The Hall–Kier alpha value is -2.01. The lowest BCUT2D eigenvalue weighted by atomic mass is 10.2. The molecule has 2 aliphatic heterocycles. The molecule has 3 rings (SSSR count). The molecule has 1 saturated heterocycles. The van der Waals surface area contributed by atoms with Gasteiger partial charge in [0, 0.05) is 30.5 Å². The van der Waals surface area contributed by atoms with Crippen molar-refractivity contribution in [1.82, 2.24) is 0 Å². The number of carbonyl (C=O) groups excluding carboxylic acids is 1. The Morgan fingerprint density at radius 2 is 1.95 bits per heavy atom. The number of carbonyl (C=O) groups is 1. The van der Waals surface area contributed by atoms with E-state index in [1.807, 2.05) is 40.3 Å². The molecule has 1 aromatic carbocycles. The Morgan fingerprint density at radius 1 is 1.21 bits per heavy atom. The molecule has 2 N–H and O–H groups in total. The fraction of sp³-hybridized carbons (Fsp3) is 0.357. The molecule has 2 heterocycles. The lowest BCUT2D eigenvalue weighted by Gasteiger charge is -2.18. The summed E-state index contributed by atoms with van der Waals surface area (Å²) in [5.41, 5.74) is 7.54. The highest BCUT2D eigenvalue weighted by Crippen LogP contribution is 2.26. The molecule has 5 heteroatoms. The highest BCUT2D eigenvalue weighted by atomic mass is 16.5. The van der Waals surface area contributed by atoms with Crippen LogP contribution in [0.5, 0.6) is 0 Å². The quantitative estimate of drug-likeness (QED) is 0.891. The van der Waals surface area contributed by atoms with Gasteiger partial charge in [-0.2, -0.15) is 0 Å². The van der Waals surface area contributed by atoms with Crippen molar-refractivity contribution < 1.29 is 9.53 Å². The van der Waals surface area contributed by atoms with Crippen LogP contribution in [0.3, 0.4) is 0 Å². The van der Waals surface area contributed by atoms with E-state index >= 15 is 0 Å². The molecular weight excluding hydrogens is 242 g/mol. The zero-order valence-electron chi connectivity index (χ0n) is 10.7. The van der Waals surface area contributed by atoms with Crippen LogP contribution in [0, 0.1) is 0 Å². The second kappa shape index (κ2) is 4.93. The number of amides is 1. The van der Waals surface area contributed by atoms with Gasteiger partial charge in [-0.3, -0.25) is 4.79 Å². The second-order valence-corrected chi connectivity index (χ2v) is 4.71. The van der Waals surface area contributed by atoms with Crippen LogP contribution in [0.4, 0.5) is 11.4 Å². The van der Waals surface area contributed by atoms with Crippen LogP contribution < -0.4 is 15.5 Å². The monoisotopic (exact) mass is 259 g/mol. The van der Waals surface area contributed by atoms with Crippen molar-refractivity contribution in [1.29, 1.82) is 0 Å². The lowest BCUT2D eigenvalue weighted by molar-refractivity contribution is -0.117. The molecule has 100 valence electrons.